The zero-order chi connectivity index (χ0) is 9.26. The Labute approximate surface area is 93.1 Å². The number of aromatic nitrogens is 1. The lowest BCUT2D eigenvalue weighted by Gasteiger charge is -2.13. The minimum atomic E-state index is 0.780. The number of hydrogen-bond acceptors (Lipinski definition) is 1. The van der Waals surface area contributed by atoms with Gasteiger partial charge < -0.3 is 0 Å². The number of aryl methyl sites for hydroxylation is 1. The van der Waals surface area contributed by atoms with Crippen molar-refractivity contribution in [2.45, 2.75) is 25.7 Å². The summed E-state index contributed by atoms with van der Waals surface area (Å²) in [6, 6.07) is 4.41. The third-order valence-corrected chi connectivity index (χ3v) is 3.66. The summed E-state index contributed by atoms with van der Waals surface area (Å²) >= 11 is 2.50. The predicted octanol–water partition coefficient (Wildman–Crippen LogP) is 3.32. The molecule has 0 aromatic carbocycles. The molecule has 0 aliphatic heterocycles. The fraction of sp³-hybridized carbons (Fsp3) is 0.545. The minimum absolute atomic E-state index is 0.780. The molecule has 0 saturated heterocycles. The molecule has 2 rings (SSSR count). The lowest BCUT2D eigenvalue weighted by Crippen LogP contribution is -2.03. The first-order valence-corrected chi connectivity index (χ1v) is 6.32. The van der Waals surface area contributed by atoms with Crippen LogP contribution in [0.5, 0.6) is 0 Å². The van der Waals surface area contributed by atoms with Gasteiger partial charge in [-0.25, -0.2) is 0 Å². The molecule has 0 N–H and O–H groups in total. The molecule has 1 heterocycles. The number of rotatable bonds is 3. The Morgan fingerprint density at radius 1 is 1.62 bits per heavy atom. The van der Waals surface area contributed by atoms with Gasteiger partial charge in [-0.05, 0) is 49.3 Å². The lowest BCUT2D eigenvalue weighted by atomic mass is 9.97. The summed E-state index contributed by atoms with van der Waals surface area (Å²) in [5, 5.41) is 0. The highest BCUT2D eigenvalue weighted by molar-refractivity contribution is 14.1. The van der Waals surface area contributed by atoms with E-state index in [9.17, 15) is 0 Å². The maximum absolute atomic E-state index is 4.23. The van der Waals surface area contributed by atoms with E-state index in [2.05, 4.69) is 46.6 Å². The van der Waals surface area contributed by atoms with E-state index in [4.69, 9.17) is 0 Å². The Balaban J connectivity index is 2.21. The van der Waals surface area contributed by atoms with Crippen LogP contribution in [0.15, 0.2) is 18.3 Å². The lowest BCUT2D eigenvalue weighted by molar-refractivity contribution is 0.680. The first-order valence-electron chi connectivity index (χ1n) is 4.80. The van der Waals surface area contributed by atoms with E-state index >= 15 is 0 Å². The zero-order valence-electron chi connectivity index (χ0n) is 7.83. The summed E-state index contributed by atoms with van der Waals surface area (Å²) in [4.78, 5) is 4.23. The first kappa shape index (κ1) is 9.44. The van der Waals surface area contributed by atoms with Crippen LogP contribution in [0.4, 0.5) is 0 Å². The maximum atomic E-state index is 4.23. The Hall–Kier alpha value is -0.120. The first-order chi connectivity index (χ1) is 6.31. The second-order valence-corrected chi connectivity index (χ2v) is 4.71. The average molecular weight is 287 g/mol. The van der Waals surface area contributed by atoms with Crippen LogP contribution in [-0.2, 0) is 0 Å². The van der Waals surface area contributed by atoms with Crippen LogP contribution in [0.1, 0.15) is 30.0 Å². The van der Waals surface area contributed by atoms with Crippen molar-refractivity contribution in [2.24, 2.45) is 5.92 Å². The molecule has 0 unspecified atom stereocenters. The van der Waals surface area contributed by atoms with Crippen LogP contribution in [0.25, 0.3) is 0 Å². The van der Waals surface area contributed by atoms with Gasteiger partial charge in [0.1, 0.15) is 0 Å². The van der Waals surface area contributed by atoms with Crippen molar-refractivity contribution in [1.29, 1.82) is 0 Å². The molecule has 1 aromatic heterocycles. The smallest absolute Gasteiger partial charge is 0.0375 e. The number of hydrogen-bond donors (Lipinski definition) is 0. The second kappa shape index (κ2) is 3.95. The van der Waals surface area contributed by atoms with Crippen molar-refractivity contribution < 1.29 is 0 Å². The molecular formula is C11H14IN. The summed E-state index contributed by atoms with van der Waals surface area (Å²) in [5.41, 5.74) is 2.64. The van der Waals surface area contributed by atoms with E-state index in [1.807, 2.05) is 6.20 Å². The van der Waals surface area contributed by atoms with Gasteiger partial charge in [-0.15, -0.1) is 0 Å². The molecule has 1 aliphatic carbocycles. The number of nitrogens with zero attached hydrogens (tertiary/aromatic N) is 1. The molecule has 70 valence electrons. The van der Waals surface area contributed by atoms with Gasteiger partial charge in [-0.3, -0.25) is 4.98 Å². The van der Waals surface area contributed by atoms with Gasteiger partial charge in [-0.2, -0.15) is 0 Å². The predicted molar refractivity (Wildman–Crippen MR) is 63.3 cm³/mol. The molecule has 0 radical (unpaired) electrons. The van der Waals surface area contributed by atoms with Crippen LogP contribution in [0.3, 0.4) is 0 Å². The van der Waals surface area contributed by atoms with Gasteiger partial charge in [0.05, 0.1) is 0 Å². The topological polar surface area (TPSA) is 12.9 Å². The van der Waals surface area contributed by atoms with Gasteiger partial charge in [0.25, 0.3) is 0 Å². The molecule has 2 heteroatoms. The highest BCUT2D eigenvalue weighted by atomic mass is 127. The number of halogens is 1. The van der Waals surface area contributed by atoms with Crippen LogP contribution < -0.4 is 0 Å². The minimum Gasteiger partial charge on any atom is -0.262 e. The summed E-state index contributed by atoms with van der Waals surface area (Å²) < 4.78 is 1.24. The van der Waals surface area contributed by atoms with Crippen molar-refractivity contribution in [3.05, 3.63) is 29.6 Å². The zero-order valence-corrected chi connectivity index (χ0v) is 9.99. The van der Waals surface area contributed by atoms with Crippen LogP contribution >= 0.6 is 22.6 Å². The Morgan fingerprint density at radius 3 is 2.92 bits per heavy atom. The molecule has 0 bridgehead atoms. The largest absolute Gasteiger partial charge is 0.262 e. The van der Waals surface area contributed by atoms with Crippen molar-refractivity contribution in [2.75, 3.05) is 4.43 Å². The summed E-state index contributed by atoms with van der Waals surface area (Å²) in [6.07, 6.45) is 4.79. The highest BCUT2D eigenvalue weighted by Crippen LogP contribution is 2.43. The van der Waals surface area contributed by atoms with Crippen molar-refractivity contribution >= 4 is 22.6 Å². The van der Waals surface area contributed by atoms with E-state index in [1.165, 1.54) is 22.8 Å². The summed E-state index contributed by atoms with van der Waals surface area (Å²) in [6.45, 7) is 2.07. The molecule has 0 spiro atoms. The third-order valence-electron chi connectivity index (χ3n) is 2.71. The quantitative estimate of drug-likeness (QED) is 0.614. The van der Waals surface area contributed by atoms with Gasteiger partial charge in [0.2, 0.25) is 0 Å². The molecule has 1 fully saturated rings. The standard InChI is InChI=1S/C11H14IN/c1-8-6-10(4-5-13-8)11(7-12)9-2-3-9/h4-6,9,11H,2-3,7H2,1H3/t11-/m0/s1. The molecule has 1 saturated carbocycles. The summed E-state index contributed by atoms with van der Waals surface area (Å²) in [7, 11) is 0. The van der Waals surface area contributed by atoms with Gasteiger partial charge in [0, 0.05) is 16.3 Å². The van der Waals surface area contributed by atoms with E-state index in [0.29, 0.717) is 0 Å². The SMILES string of the molecule is Cc1cc([C@@H](CI)C2CC2)ccn1. The fourth-order valence-electron chi connectivity index (χ4n) is 1.78. The molecule has 0 amide bonds. The molecule has 1 atom stereocenters. The van der Waals surface area contributed by atoms with E-state index in [0.717, 1.165) is 17.5 Å². The normalized spacial score (nSPS) is 18.6. The summed E-state index contributed by atoms with van der Waals surface area (Å²) in [5.74, 6) is 1.74. The number of alkyl halides is 1. The molecule has 1 nitrogen and oxygen atoms in total. The fourth-order valence-corrected chi connectivity index (χ4v) is 3.01. The van der Waals surface area contributed by atoms with Gasteiger partial charge in [0.15, 0.2) is 0 Å². The van der Waals surface area contributed by atoms with Crippen LogP contribution in [0, 0.1) is 12.8 Å². The molecule has 13 heavy (non-hydrogen) atoms. The van der Waals surface area contributed by atoms with E-state index in [1.54, 1.807) is 0 Å². The Morgan fingerprint density at radius 2 is 2.38 bits per heavy atom. The van der Waals surface area contributed by atoms with Gasteiger partial charge in [-0.1, -0.05) is 22.6 Å². The van der Waals surface area contributed by atoms with Crippen molar-refractivity contribution in [3.63, 3.8) is 0 Å². The number of pyridine rings is 1. The van der Waals surface area contributed by atoms with Crippen LogP contribution in [-0.4, -0.2) is 9.41 Å². The molecule has 1 aliphatic rings. The monoisotopic (exact) mass is 287 g/mol. The average Bonchev–Trinajstić information content (AvgIpc) is 2.90. The van der Waals surface area contributed by atoms with Gasteiger partial charge >= 0.3 is 0 Å². The Bertz CT molecular complexity index is 294. The van der Waals surface area contributed by atoms with Crippen LogP contribution in [0.2, 0.25) is 0 Å². The molecular weight excluding hydrogens is 273 g/mol. The van der Waals surface area contributed by atoms with Crippen molar-refractivity contribution in [1.82, 2.24) is 4.98 Å². The van der Waals surface area contributed by atoms with E-state index < -0.39 is 0 Å². The Kier molecular flexibility index (Phi) is 2.86. The highest BCUT2D eigenvalue weighted by Gasteiger charge is 2.31. The van der Waals surface area contributed by atoms with E-state index in [-0.39, 0.29) is 0 Å². The maximum Gasteiger partial charge on any atom is 0.0375 e. The molecule has 1 aromatic rings. The second-order valence-electron chi connectivity index (χ2n) is 3.83. The van der Waals surface area contributed by atoms with Crippen molar-refractivity contribution in [3.8, 4) is 0 Å². The third kappa shape index (κ3) is 2.22.